The molecular weight excluding hydrogens is 304 g/mol. The van der Waals surface area contributed by atoms with Crippen molar-refractivity contribution in [2.24, 2.45) is 0 Å². The minimum Gasteiger partial charge on any atom is -0.497 e. The Morgan fingerprint density at radius 1 is 1.17 bits per heavy atom. The lowest BCUT2D eigenvalue weighted by atomic mass is 10.1. The van der Waals surface area contributed by atoms with Crippen molar-refractivity contribution in [1.29, 1.82) is 0 Å². The molecule has 0 spiro atoms. The molecular formula is C19H20N2O3. The molecule has 0 fully saturated rings. The summed E-state index contributed by atoms with van der Waals surface area (Å²) in [7, 11) is 1.64. The molecule has 0 aliphatic rings. The van der Waals surface area contributed by atoms with Crippen molar-refractivity contribution in [3.63, 3.8) is 0 Å². The highest BCUT2D eigenvalue weighted by molar-refractivity contribution is 5.76. The van der Waals surface area contributed by atoms with Crippen molar-refractivity contribution in [2.45, 2.75) is 19.3 Å². The van der Waals surface area contributed by atoms with Gasteiger partial charge in [0.15, 0.2) is 11.5 Å². The minimum atomic E-state index is 0.0222. The summed E-state index contributed by atoms with van der Waals surface area (Å²) in [6.45, 7) is 0.518. The smallest absolute Gasteiger partial charge is 0.220 e. The van der Waals surface area contributed by atoms with Gasteiger partial charge in [0.1, 0.15) is 11.3 Å². The van der Waals surface area contributed by atoms with E-state index in [1.54, 1.807) is 7.11 Å². The van der Waals surface area contributed by atoms with Gasteiger partial charge in [-0.15, -0.1) is 0 Å². The van der Waals surface area contributed by atoms with Crippen LogP contribution in [0, 0.1) is 0 Å². The van der Waals surface area contributed by atoms with Gasteiger partial charge in [-0.05, 0) is 36.2 Å². The summed E-state index contributed by atoms with van der Waals surface area (Å²) in [5.74, 6) is 1.47. The average Bonchev–Trinajstić information content (AvgIpc) is 3.03. The molecule has 5 nitrogen and oxygen atoms in total. The molecule has 1 amide bonds. The number of hydrogen-bond acceptors (Lipinski definition) is 4. The number of carbonyl (C=O) groups excluding carboxylic acids is 1. The molecule has 1 N–H and O–H groups in total. The third-order valence-corrected chi connectivity index (χ3v) is 3.77. The zero-order valence-corrected chi connectivity index (χ0v) is 13.6. The molecule has 0 saturated heterocycles. The molecule has 0 saturated carbocycles. The van der Waals surface area contributed by atoms with Crippen molar-refractivity contribution in [2.75, 3.05) is 13.7 Å². The maximum Gasteiger partial charge on any atom is 0.220 e. The number of aryl methyl sites for hydroxylation is 1. The molecule has 0 bridgehead atoms. The number of para-hydroxylation sites is 2. The van der Waals surface area contributed by atoms with Crippen molar-refractivity contribution >= 4 is 17.0 Å². The monoisotopic (exact) mass is 324 g/mol. The lowest BCUT2D eigenvalue weighted by Gasteiger charge is -2.05. The van der Waals surface area contributed by atoms with Crippen LogP contribution in [0.5, 0.6) is 5.75 Å². The summed E-state index contributed by atoms with van der Waals surface area (Å²) in [6, 6.07) is 15.4. The number of carbonyl (C=O) groups is 1. The maximum absolute atomic E-state index is 11.9. The predicted octanol–water partition coefficient (Wildman–Crippen LogP) is 3.13. The fourth-order valence-electron chi connectivity index (χ4n) is 2.51. The van der Waals surface area contributed by atoms with Crippen molar-refractivity contribution < 1.29 is 13.9 Å². The first-order valence-corrected chi connectivity index (χ1v) is 7.98. The van der Waals surface area contributed by atoms with Gasteiger partial charge in [-0.3, -0.25) is 4.79 Å². The van der Waals surface area contributed by atoms with Gasteiger partial charge in [0.05, 0.1) is 7.11 Å². The number of nitrogens with one attached hydrogen (secondary N) is 1. The first-order chi connectivity index (χ1) is 11.7. The van der Waals surface area contributed by atoms with Gasteiger partial charge in [0.2, 0.25) is 5.91 Å². The molecule has 0 unspecified atom stereocenters. The molecule has 5 heteroatoms. The lowest BCUT2D eigenvalue weighted by molar-refractivity contribution is -0.121. The third-order valence-electron chi connectivity index (χ3n) is 3.77. The van der Waals surface area contributed by atoms with Crippen LogP contribution in [-0.4, -0.2) is 24.5 Å². The summed E-state index contributed by atoms with van der Waals surface area (Å²) >= 11 is 0. The lowest BCUT2D eigenvalue weighted by Crippen LogP contribution is -2.25. The number of hydrogen-bond donors (Lipinski definition) is 1. The third kappa shape index (κ3) is 4.13. The van der Waals surface area contributed by atoms with E-state index >= 15 is 0 Å². The van der Waals surface area contributed by atoms with Gasteiger partial charge in [0, 0.05) is 19.4 Å². The first kappa shape index (κ1) is 16.1. The Morgan fingerprint density at radius 2 is 2.04 bits per heavy atom. The number of ether oxygens (including phenoxy) is 1. The normalized spacial score (nSPS) is 10.7. The van der Waals surface area contributed by atoms with Crippen LogP contribution in [0.4, 0.5) is 0 Å². The molecule has 1 heterocycles. The van der Waals surface area contributed by atoms with Crippen molar-refractivity contribution in [1.82, 2.24) is 10.3 Å². The van der Waals surface area contributed by atoms with E-state index in [4.69, 9.17) is 9.15 Å². The minimum absolute atomic E-state index is 0.0222. The predicted molar refractivity (Wildman–Crippen MR) is 92.0 cm³/mol. The van der Waals surface area contributed by atoms with Crippen molar-refractivity contribution in [3.05, 3.63) is 60.0 Å². The molecule has 0 aliphatic heterocycles. The molecule has 0 aliphatic carbocycles. The molecule has 2 aromatic carbocycles. The van der Waals surface area contributed by atoms with Crippen LogP contribution in [0.25, 0.3) is 11.1 Å². The second-order valence-corrected chi connectivity index (χ2v) is 5.53. The highest BCUT2D eigenvalue weighted by atomic mass is 16.5. The second kappa shape index (κ2) is 7.64. The SMILES string of the molecule is COc1cccc(CCC(=O)NCCc2nc3ccccc3o2)c1. The Bertz CT molecular complexity index is 793. The summed E-state index contributed by atoms with van der Waals surface area (Å²) < 4.78 is 10.8. The van der Waals surface area contributed by atoms with Crippen LogP contribution in [0.15, 0.2) is 52.9 Å². The van der Waals surface area contributed by atoms with Crippen LogP contribution in [-0.2, 0) is 17.6 Å². The number of benzene rings is 2. The molecule has 0 radical (unpaired) electrons. The molecule has 24 heavy (non-hydrogen) atoms. The van der Waals surface area contributed by atoms with Crippen LogP contribution in [0.2, 0.25) is 0 Å². The van der Waals surface area contributed by atoms with E-state index in [1.165, 1.54) is 0 Å². The molecule has 0 atom stereocenters. The maximum atomic E-state index is 11.9. The number of rotatable bonds is 7. The fourth-order valence-corrected chi connectivity index (χ4v) is 2.51. The van der Waals surface area contributed by atoms with Crippen LogP contribution in [0.3, 0.4) is 0 Å². The Kier molecular flexibility index (Phi) is 5.11. The van der Waals surface area contributed by atoms with E-state index in [1.807, 2.05) is 48.5 Å². The molecule has 3 rings (SSSR count). The van der Waals surface area contributed by atoms with E-state index in [9.17, 15) is 4.79 Å². The summed E-state index contributed by atoms with van der Waals surface area (Å²) in [6.07, 6.45) is 1.71. The second-order valence-electron chi connectivity index (χ2n) is 5.53. The largest absolute Gasteiger partial charge is 0.497 e. The zero-order valence-electron chi connectivity index (χ0n) is 13.6. The van der Waals surface area contributed by atoms with Gasteiger partial charge < -0.3 is 14.5 Å². The van der Waals surface area contributed by atoms with Crippen LogP contribution in [0.1, 0.15) is 17.9 Å². The average molecular weight is 324 g/mol. The standard InChI is InChI=1S/C19H20N2O3/c1-23-15-6-4-5-14(13-15)9-10-18(22)20-12-11-19-21-16-7-2-3-8-17(16)24-19/h2-8,13H,9-12H2,1H3,(H,20,22). The topological polar surface area (TPSA) is 64.4 Å². The Labute approximate surface area is 140 Å². The fraction of sp³-hybridized carbons (Fsp3) is 0.263. The van der Waals surface area contributed by atoms with E-state index in [-0.39, 0.29) is 5.91 Å². The summed E-state index contributed by atoms with van der Waals surface area (Å²) in [4.78, 5) is 16.3. The number of fused-ring (bicyclic) bond motifs is 1. The number of amides is 1. The summed E-state index contributed by atoms with van der Waals surface area (Å²) in [5.41, 5.74) is 2.71. The van der Waals surface area contributed by atoms with E-state index in [2.05, 4.69) is 10.3 Å². The van der Waals surface area contributed by atoms with Gasteiger partial charge in [-0.25, -0.2) is 4.98 Å². The molecule has 124 valence electrons. The number of aromatic nitrogens is 1. The Hall–Kier alpha value is -2.82. The van der Waals surface area contributed by atoms with Gasteiger partial charge in [-0.2, -0.15) is 0 Å². The van der Waals surface area contributed by atoms with E-state index < -0.39 is 0 Å². The number of methoxy groups -OCH3 is 1. The van der Waals surface area contributed by atoms with Crippen LogP contribution < -0.4 is 10.1 Å². The van der Waals surface area contributed by atoms with Gasteiger partial charge in [-0.1, -0.05) is 24.3 Å². The van der Waals surface area contributed by atoms with E-state index in [0.717, 1.165) is 22.4 Å². The first-order valence-electron chi connectivity index (χ1n) is 7.98. The van der Waals surface area contributed by atoms with E-state index in [0.29, 0.717) is 31.7 Å². The molecule has 1 aromatic heterocycles. The molecule has 3 aromatic rings. The number of oxazole rings is 1. The van der Waals surface area contributed by atoms with Gasteiger partial charge in [0.25, 0.3) is 0 Å². The Balaban J connectivity index is 1.43. The Morgan fingerprint density at radius 3 is 2.88 bits per heavy atom. The summed E-state index contributed by atoms with van der Waals surface area (Å²) in [5, 5.41) is 2.90. The highest BCUT2D eigenvalue weighted by Gasteiger charge is 2.07. The van der Waals surface area contributed by atoms with Crippen molar-refractivity contribution in [3.8, 4) is 5.75 Å². The highest BCUT2D eigenvalue weighted by Crippen LogP contribution is 2.15. The quantitative estimate of drug-likeness (QED) is 0.725. The van der Waals surface area contributed by atoms with Gasteiger partial charge >= 0.3 is 0 Å². The number of nitrogens with zero attached hydrogens (tertiary/aromatic N) is 1. The zero-order chi connectivity index (χ0) is 16.8. The van der Waals surface area contributed by atoms with Crippen LogP contribution >= 0.6 is 0 Å².